The molecule has 5 heteroatoms. The molecule has 0 aliphatic rings. The molecule has 0 aliphatic carbocycles. The number of hydrogen-bond acceptors (Lipinski definition) is 3. The molecule has 0 aliphatic heterocycles. The highest BCUT2D eigenvalue weighted by Crippen LogP contribution is 2.13. The van der Waals surface area contributed by atoms with Gasteiger partial charge >= 0.3 is 6.03 Å². The molecule has 0 bridgehead atoms. The number of anilines is 1. The molecule has 2 amide bonds. The summed E-state index contributed by atoms with van der Waals surface area (Å²) in [6.45, 7) is 8.01. The highest BCUT2D eigenvalue weighted by atomic mass is 16.5. The molecule has 0 aromatic heterocycles. The van der Waals surface area contributed by atoms with Gasteiger partial charge < -0.3 is 21.1 Å². The van der Waals surface area contributed by atoms with Crippen molar-refractivity contribution >= 4 is 11.7 Å². The van der Waals surface area contributed by atoms with E-state index in [1.807, 2.05) is 31.2 Å². The van der Waals surface area contributed by atoms with E-state index >= 15 is 0 Å². The highest BCUT2D eigenvalue weighted by molar-refractivity contribution is 5.89. The first-order valence-corrected chi connectivity index (χ1v) is 7.47. The van der Waals surface area contributed by atoms with Crippen LogP contribution in [-0.4, -0.2) is 25.8 Å². The first-order valence-electron chi connectivity index (χ1n) is 7.47. The summed E-state index contributed by atoms with van der Waals surface area (Å²) < 4.78 is 5.43. The summed E-state index contributed by atoms with van der Waals surface area (Å²) in [5, 5.41) is 5.53. The van der Waals surface area contributed by atoms with Gasteiger partial charge in [-0.2, -0.15) is 0 Å². The Morgan fingerprint density at radius 3 is 2.43 bits per heavy atom. The Hall–Kier alpha value is -1.59. The second-order valence-electron chi connectivity index (χ2n) is 5.59. The Labute approximate surface area is 127 Å². The molecule has 1 aromatic carbocycles. The topological polar surface area (TPSA) is 76.4 Å². The monoisotopic (exact) mass is 293 g/mol. The number of hydrogen-bond donors (Lipinski definition) is 3. The Morgan fingerprint density at radius 2 is 1.86 bits per heavy atom. The molecule has 4 N–H and O–H groups in total. The van der Waals surface area contributed by atoms with Crippen LogP contribution in [0.3, 0.4) is 0 Å². The zero-order chi connectivity index (χ0) is 15.7. The van der Waals surface area contributed by atoms with Crippen LogP contribution >= 0.6 is 0 Å². The van der Waals surface area contributed by atoms with Crippen LogP contribution in [0.2, 0.25) is 0 Å². The lowest BCUT2D eigenvalue weighted by Crippen LogP contribution is -2.31. The Morgan fingerprint density at radius 1 is 1.19 bits per heavy atom. The van der Waals surface area contributed by atoms with Crippen LogP contribution in [0.4, 0.5) is 10.5 Å². The Kier molecular flexibility index (Phi) is 7.79. The number of carbonyl (C=O) groups excluding carboxylic acids is 1. The van der Waals surface area contributed by atoms with Crippen molar-refractivity contribution in [1.29, 1.82) is 0 Å². The van der Waals surface area contributed by atoms with Crippen LogP contribution in [-0.2, 0) is 4.74 Å². The zero-order valence-corrected chi connectivity index (χ0v) is 13.2. The van der Waals surface area contributed by atoms with E-state index in [1.165, 1.54) is 0 Å². The van der Waals surface area contributed by atoms with Gasteiger partial charge in [-0.05, 0) is 37.0 Å². The smallest absolute Gasteiger partial charge is 0.319 e. The second-order valence-corrected chi connectivity index (χ2v) is 5.59. The van der Waals surface area contributed by atoms with Crippen molar-refractivity contribution in [2.24, 2.45) is 11.7 Å². The van der Waals surface area contributed by atoms with E-state index in [9.17, 15) is 4.79 Å². The van der Waals surface area contributed by atoms with Gasteiger partial charge in [0.15, 0.2) is 0 Å². The highest BCUT2D eigenvalue weighted by Gasteiger charge is 2.03. The van der Waals surface area contributed by atoms with Gasteiger partial charge in [0.25, 0.3) is 0 Å². The van der Waals surface area contributed by atoms with Crippen LogP contribution < -0.4 is 16.4 Å². The minimum atomic E-state index is -0.226. The van der Waals surface area contributed by atoms with Crippen LogP contribution in [0.25, 0.3) is 0 Å². The number of nitrogens with two attached hydrogens (primary N) is 1. The van der Waals surface area contributed by atoms with Gasteiger partial charge in [0.2, 0.25) is 0 Å². The maximum Gasteiger partial charge on any atom is 0.319 e. The van der Waals surface area contributed by atoms with Crippen molar-refractivity contribution in [1.82, 2.24) is 5.32 Å². The predicted molar refractivity (Wildman–Crippen MR) is 86.3 cm³/mol. The predicted octanol–water partition coefficient (Wildman–Crippen LogP) is 2.89. The molecule has 1 rings (SSSR count). The van der Waals surface area contributed by atoms with Gasteiger partial charge in [0.05, 0.1) is 6.61 Å². The molecule has 1 atom stereocenters. The van der Waals surface area contributed by atoms with Gasteiger partial charge in [-0.3, -0.25) is 0 Å². The fourth-order valence-electron chi connectivity index (χ4n) is 1.70. The zero-order valence-electron chi connectivity index (χ0n) is 13.2. The average Bonchev–Trinajstić information content (AvgIpc) is 2.43. The molecule has 0 saturated carbocycles. The quantitative estimate of drug-likeness (QED) is 0.645. The van der Waals surface area contributed by atoms with Crippen LogP contribution in [0, 0.1) is 5.92 Å². The number of carbonyl (C=O) groups is 1. The van der Waals surface area contributed by atoms with Gasteiger partial charge in [0, 0.05) is 24.9 Å². The van der Waals surface area contributed by atoms with Crippen molar-refractivity contribution in [2.45, 2.75) is 33.2 Å². The van der Waals surface area contributed by atoms with E-state index in [4.69, 9.17) is 10.5 Å². The largest absolute Gasteiger partial charge is 0.380 e. The lowest BCUT2D eigenvalue weighted by molar-refractivity contribution is 0.126. The lowest BCUT2D eigenvalue weighted by atomic mass is 10.1. The molecule has 0 heterocycles. The summed E-state index contributed by atoms with van der Waals surface area (Å²) in [6.07, 6.45) is 1.04. The third-order valence-electron chi connectivity index (χ3n) is 3.07. The number of rotatable bonds is 8. The molecule has 0 fully saturated rings. The van der Waals surface area contributed by atoms with Gasteiger partial charge in [-0.25, -0.2) is 4.79 Å². The summed E-state index contributed by atoms with van der Waals surface area (Å²) in [4.78, 5) is 11.7. The SMILES string of the molecule is CC(C)CCOCCNC(=O)Nc1ccc(C(C)N)cc1. The molecule has 0 radical (unpaired) electrons. The fourth-order valence-corrected chi connectivity index (χ4v) is 1.70. The Bertz CT molecular complexity index is 416. The van der Waals surface area contributed by atoms with Crippen LogP contribution in [0.15, 0.2) is 24.3 Å². The van der Waals surface area contributed by atoms with E-state index in [-0.39, 0.29) is 12.1 Å². The van der Waals surface area contributed by atoms with Gasteiger partial charge in [0.1, 0.15) is 0 Å². The normalized spacial score (nSPS) is 12.2. The van der Waals surface area contributed by atoms with Crippen molar-refractivity contribution < 1.29 is 9.53 Å². The minimum absolute atomic E-state index is 0.00383. The van der Waals surface area contributed by atoms with Crippen molar-refractivity contribution in [3.8, 4) is 0 Å². The molecule has 21 heavy (non-hydrogen) atoms. The summed E-state index contributed by atoms with van der Waals surface area (Å²) in [7, 11) is 0. The molecule has 1 aromatic rings. The maximum absolute atomic E-state index is 11.7. The number of amides is 2. The number of benzene rings is 1. The van der Waals surface area contributed by atoms with Gasteiger partial charge in [-0.15, -0.1) is 0 Å². The van der Waals surface area contributed by atoms with E-state index in [1.54, 1.807) is 0 Å². The molecule has 5 nitrogen and oxygen atoms in total. The minimum Gasteiger partial charge on any atom is -0.380 e. The van der Waals surface area contributed by atoms with E-state index in [0.29, 0.717) is 19.1 Å². The molecular weight excluding hydrogens is 266 g/mol. The van der Waals surface area contributed by atoms with Gasteiger partial charge in [-0.1, -0.05) is 26.0 Å². The van der Waals surface area contributed by atoms with Crippen molar-refractivity contribution in [3.63, 3.8) is 0 Å². The third kappa shape index (κ3) is 7.68. The number of nitrogens with one attached hydrogen (secondary N) is 2. The fraction of sp³-hybridized carbons (Fsp3) is 0.562. The van der Waals surface area contributed by atoms with Crippen LogP contribution in [0.1, 0.15) is 38.8 Å². The Balaban J connectivity index is 2.18. The van der Waals surface area contributed by atoms with E-state index in [0.717, 1.165) is 24.3 Å². The summed E-state index contributed by atoms with van der Waals surface area (Å²) in [5.74, 6) is 0.639. The molecule has 1 unspecified atom stereocenters. The average molecular weight is 293 g/mol. The van der Waals surface area contributed by atoms with E-state index < -0.39 is 0 Å². The number of ether oxygens (including phenoxy) is 1. The maximum atomic E-state index is 11.7. The summed E-state index contributed by atoms with van der Waals surface area (Å²) in [5.41, 5.74) is 7.56. The van der Waals surface area contributed by atoms with E-state index in [2.05, 4.69) is 24.5 Å². The molecule has 0 saturated heterocycles. The molecule has 118 valence electrons. The summed E-state index contributed by atoms with van der Waals surface area (Å²) >= 11 is 0. The molecular formula is C16H27N3O2. The number of urea groups is 1. The first-order chi connectivity index (χ1) is 9.99. The third-order valence-corrected chi connectivity index (χ3v) is 3.07. The van der Waals surface area contributed by atoms with Crippen molar-refractivity contribution in [3.05, 3.63) is 29.8 Å². The van der Waals surface area contributed by atoms with Crippen LogP contribution in [0.5, 0.6) is 0 Å². The summed E-state index contributed by atoms with van der Waals surface area (Å²) in [6, 6.07) is 7.28. The second kappa shape index (κ2) is 9.37. The van der Waals surface area contributed by atoms with Crippen molar-refractivity contribution in [2.75, 3.05) is 25.1 Å². The lowest BCUT2D eigenvalue weighted by Gasteiger charge is -2.10. The molecule has 0 spiro atoms. The first kappa shape index (κ1) is 17.5. The standard InChI is InChI=1S/C16H27N3O2/c1-12(2)8-10-21-11-9-18-16(20)19-15-6-4-14(5-7-15)13(3)17/h4-7,12-13H,8-11,17H2,1-3H3,(H2,18,19,20).